The van der Waals surface area contributed by atoms with Crippen LogP contribution < -0.4 is 5.76 Å². The first-order valence-corrected chi connectivity index (χ1v) is 9.17. The average molecular weight is 353 g/mol. The lowest BCUT2D eigenvalue weighted by atomic mass is 10.3. The molecule has 0 spiro atoms. The molecule has 0 bridgehead atoms. The molecule has 1 amide bonds. The summed E-state index contributed by atoms with van der Waals surface area (Å²) < 4.78 is 33.5. The van der Waals surface area contributed by atoms with Gasteiger partial charge in [-0.3, -0.25) is 9.36 Å². The third-order valence-corrected chi connectivity index (χ3v) is 6.17. The first-order chi connectivity index (χ1) is 11.3. The minimum absolute atomic E-state index is 0.0591. The van der Waals surface area contributed by atoms with Crippen LogP contribution in [0.2, 0.25) is 0 Å². The lowest BCUT2D eigenvalue weighted by Crippen LogP contribution is -2.49. The fourth-order valence-electron chi connectivity index (χ4n) is 2.90. The van der Waals surface area contributed by atoms with Crippen LogP contribution in [0.4, 0.5) is 0 Å². The summed E-state index contributed by atoms with van der Waals surface area (Å²) >= 11 is 0. The molecule has 0 radical (unpaired) electrons. The van der Waals surface area contributed by atoms with Gasteiger partial charge in [0.05, 0.1) is 10.4 Å². The Bertz CT molecular complexity index is 936. The number of hydrogen-bond donors (Lipinski definition) is 0. The van der Waals surface area contributed by atoms with Crippen LogP contribution in [0.5, 0.6) is 0 Å². The van der Waals surface area contributed by atoms with E-state index >= 15 is 0 Å². The Kier molecular flexibility index (Phi) is 4.22. The molecule has 1 aromatic carbocycles. The van der Waals surface area contributed by atoms with Crippen LogP contribution >= 0.6 is 0 Å². The van der Waals surface area contributed by atoms with E-state index in [-0.39, 0.29) is 29.5 Å². The molecule has 0 saturated carbocycles. The van der Waals surface area contributed by atoms with Gasteiger partial charge in [0.15, 0.2) is 5.58 Å². The van der Waals surface area contributed by atoms with E-state index in [1.807, 2.05) is 6.92 Å². The molecule has 2 aromatic rings. The first-order valence-electron chi connectivity index (χ1n) is 7.73. The number of aryl methyl sites for hydroxylation is 1. The zero-order chi connectivity index (χ0) is 17.5. The van der Waals surface area contributed by atoms with Gasteiger partial charge in [0.2, 0.25) is 15.9 Å². The van der Waals surface area contributed by atoms with Crippen molar-refractivity contribution >= 4 is 27.0 Å². The molecule has 9 heteroatoms. The fourth-order valence-corrected chi connectivity index (χ4v) is 4.34. The Morgan fingerprint density at radius 1 is 1.21 bits per heavy atom. The first kappa shape index (κ1) is 16.7. The fraction of sp³-hybridized carbons (Fsp3) is 0.467. The molecule has 0 unspecified atom stereocenters. The topological polar surface area (TPSA) is 92.8 Å². The van der Waals surface area contributed by atoms with E-state index < -0.39 is 15.8 Å². The molecule has 2 heterocycles. The van der Waals surface area contributed by atoms with Crippen LogP contribution in [0.15, 0.2) is 32.3 Å². The molecule has 3 rings (SSSR count). The van der Waals surface area contributed by atoms with Crippen molar-refractivity contribution < 1.29 is 17.6 Å². The number of rotatable bonds is 3. The maximum Gasteiger partial charge on any atom is 0.419 e. The normalized spacial score (nSPS) is 16.7. The van der Waals surface area contributed by atoms with Crippen molar-refractivity contribution in [2.24, 2.45) is 0 Å². The predicted octanol–water partition coefficient (Wildman–Crippen LogP) is 0.467. The molecule has 1 aromatic heterocycles. The van der Waals surface area contributed by atoms with Crippen LogP contribution in [0.3, 0.4) is 0 Å². The highest BCUT2D eigenvalue weighted by Gasteiger charge is 2.29. The van der Waals surface area contributed by atoms with Crippen molar-refractivity contribution in [3.05, 3.63) is 28.7 Å². The summed E-state index contributed by atoms with van der Waals surface area (Å²) in [4.78, 5) is 24.8. The van der Waals surface area contributed by atoms with Crippen LogP contribution in [0.1, 0.15) is 13.8 Å². The highest BCUT2D eigenvalue weighted by atomic mass is 32.2. The summed E-state index contributed by atoms with van der Waals surface area (Å²) in [6.07, 6.45) is 0. The summed E-state index contributed by atoms with van der Waals surface area (Å²) in [6, 6.07) is 4.45. The largest absolute Gasteiger partial charge is 0.419 e. The summed E-state index contributed by atoms with van der Waals surface area (Å²) in [5.74, 6) is -0.562. The van der Waals surface area contributed by atoms with E-state index in [2.05, 4.69) is 0 Å². The summed E-state index contributed by atoms with van der Waals surface area (Å²) in [5, 5.41) is 0. The van der Waals surface area contributed by atoms with E-state index in [4.69, 9.17) is 4.42 Å². The number of fused-ring (bicyclic) bond motifs is 1. The Morgan fingerprint density at radius 3 is 2.46 bits per heavy atom. The summed E-state index contributed by atoms with van der Waals surface area (Å²) in [6.45, 7) is 4.98. The molecule has 130 valence electrons. The average Bonchev–Trinajstić information content (AvgIpc) is 2.88. The number of benzene rings is 1. The number of sulfonamides is 1. The van der Waals surface area contributed by atoms with Crippen molar-refractivity contribution in [1.29, 1.82) is 0 Å². The molecule has 1 aliphatic heterocycles. The van der Waals surface area contributed by atoms with Crippen molar-refractivity contribution in [2.45, 2.75) is 25.3 Å². The van der Waals surface area contributed by atoms with Crippen molar-refractivity contribution in [2.75, 3.05) is 26.2 Å². The van der Waals surface area contributed by atoms with E-state index in [0.29, 0.717) is 25.2 Å². The van der Waals surface area contributed by atoms with E-state index in [1.54, 1.807) is 11.0 Å². The number of aromatic nitrogens is 1. The van der Waals surface area contributed by atoms with Gasteiger partial charge in [-0.05, 0) is 19.1 Å². The van der Waals surface area contributed by atoms with Gasteiger partial charge >= 0.3 is 5.76 Å². The standard InChI is InChI=1S/C15H19N3O5S/c1-3-18-13-5-4-12(10-14(13)23-15(18)20)24(21,22)17-8-6-16(7-9-17)11(2)19/h4-5,10H,3,6-9H2,1-2H3. The minimum Gasteiger partial charge on any atom is -0.408 e. The molecular weight excluding hydrogens is 334 g/mol. The second-order valence-electron chi connectivity index (χ2n) is 5.65. The number of carbonyl (C=O) groups is 1. The molecular formula is C15H19N3O5S. The van der Waals surface area contributed by atoms with Gasteiger partial charge in [-0.25, -0.2) is 13.2 Å². The molecule has 0 N–H and O–H groups in total. The summed E-state index contributed by atoms with van der Waals surface area (Å²) in [7, 11) is -3.69. The predicted molar refractivity (Wildman–Crippen MR) is 87.2 cm³/mol. The van der Waals surface area contributed by atoms with Gasteiger partial charge in [0, 0.05) is 45.7 Å². The van der Waals surface area contributed by atoms with Gasteiger partial charge in [0.25, 0.3) is 0 Å². The number of carbonyl (C=O) groups excluding carboxylic acids is 1. The number of hydrogen-bond acceptors (Lipinski definition) is 5. The van der Waals surface area contributed by atoms with Crippen LogP contribution in [0.25, 0.3) is 11.1 Å². The third kappa shape index (κ3) is 2.73. The Balaban J connectivity index is 1.92. The Hall–Kier alpha value is -2.13. The lowest BCUT2D eigenvalue weighted by Gasteiger charge is -2.33. The van der Waals surface area contributed by atoms with Crippen LogP contribution in [0, 0.1) is 0 Å². The Labute approximate surface area is 139 Å². The molecule has 0 aliphatic carbocycles. The van der Waals surface area contributed by atoms with Crippen LogP contribution in [-0.2, 0) is 21.4 Å². The molecule has 24 heavy (non-hydrogen) atoms. The van der Waals surface area contributed by atoms with Gasteiger partial charge < -0.3 is 9.32 Å². The summed E-state index contributed by atoms with van der Waals surface area (Å²) in [5.41, 5.74) is 0.827. The minimum atomic E-state index is -3.69. The number of amides is 1. The highest BCUT2D eigenvalue weighted by Crippen LogP contribution is 2.22. The SMILES string of the molecule is CCn1c(=O)oc2cc(S(=O)(=O)N3CCN(C(C)=O)CC3)ccc21. The number of piperazine rings is 1. The highest BCUT2D eigenvalue weighted by molar-refractivity contribution is 7.89. The maximum atomic E-state index is 12.8. The zero-order valence-corrected chi connectivity index (χ0v) is 14.4. The number of nitrogens with zero attached hydrogens (tertiary/aromatic N) is 3. The second-order valence-corrected chi connectivity index (χ2v) is 7.59. The maximum absolute atomic E-state index is 12.8. The van der Waals surface area contributed by atoms with E-state index in [9.17, 15) is 18.0 Å². The van der Waals surface area contributed by atoms with Gasteiger partial charge in [-0.2, -0.15) is 4.31 Å². The van der Waals surface area contributed by atoms with E-state index in [1.165, 1.54) is 27.9 Å². The second kappa shape index (κ2) is 6.06. The van der Waals surface area contributed by atoms with Crippen molar-refractivity contribution in [3.63, 3.8) is 0 Å². The molecule has 1 aliphatic rings. The third-order valence-electron chi connectivity index (χ3n) is 4.28. The molecule has 1 saturated heterocycles. The lowest BCUT2D eigenvalue weighted by molar-refractivity contribution is -0.129. The van der Waals surface area contributed by atoms with Crippen molar-refractivity contribution in [1.82, 2.24) is 13.8 Å². The molecule has 0 atom stereocenters. The zero-order valence-electron chi connectivity index (χ0n) is 13.6. The smallest absolute Gasteiger partial charge is 0.408 e. The molecule has 1 fully saturated rings. The van der Waals surface area contributed by atoms with Gasteiger partial charge in [-0.15, -0.1) is 0 Å². The van der Waals surface area contributed by atoms with Gasteiger partial charge in [0.1, 0.15) is 0 Å². The van der Waals surface area contributed by atoms with Crippen molar-refractivity contribution in [3.8, 4) is 0 Å². The van der Waals surface area contributed by atoms with Crippen LogP contribution in [-0.4, -0.2) is 54.3 Å². The van der Waals surface area contributed by atoms with E-state index in [0.717, 1.165) is 0 Å². The monoisotopic (exact) mass is 353 g/mol. The van der Waals surface area contributed by atoms with Gasteiger partial charge in [-0.1, -0.05) is 0 Å². The molecule has 8 nitrogen and oxygen atoms in total. The Morgan fingerprint density at radius 2 is 1.88 bits per heavy atom. The quantitative estimate of drug-likeness (QED) is 0.800. The number of oxazole rings is 1.